The van der Waals surface area contributed by atoms with Crippen molar-refractivity contribution in [1.29, 1.82) is 0 Å². The third kappa shape index (κ3) is 9.37. The van der Waals surface area contributed by atoms with E-state index in [1.54, 1.807) is 4.90 Å². The summed E-state index contributed by atoms with van der Waals surface area (Å²) in [5.41, 5.74) is 7.12. The van der Waals surface area contributed by atoms with Gasteiger partial charge in [0.1, 0.15) is 24.6 Å². The Morgan fingerprint density at radius 2 is 1.41 bits per heavy atom. The molecule has 1 aromatic carbocycles. The van der Waals surface area contributed by atoms with Crippen molar-refractivity contribution in [3.63, 3.8) is 0 Å². The molecule has 1 rings (SSSR count). The van der Waals surface area contributed by atoms with Gasteiger partial charge in [0.25, 0.3) is 0 Å². The van der Waals surface area contributed by atoms with Crippen molar-refractivity contribution in [2.45, 2.75) is 50.2 Å². The summed E-state index contributed by atoms with van der Waals surface area (Å²) < 4.78 is 5.70. The Bertz CT molecular complexity index is 528. The van der Waals surface area contributed by atoms with Gasteiger partial charge in [-0.2, -0.15) is 0 Å². The number of rotatable bonds is 15. The normalized spacial score (nSPS) is 17.0. The van der Waals surface area contributed by atoms with Crippen LogP contribution in [0.4, 0.5) is 0 Å². The van der Waals surface area contributed by atoms with E-state index < -0.39 is 37.6 Å². The Labute approximate surface area is 172 Å². The minimum atomic E-state index is -1.32. The highest BCUT2D eigenvalue weighted by atomic mass is 16.5. The van der Waals surface area contributed by atoms with E-state index in [1.807, 2.05) is 24.3 Å². The van der Waals surface area contributed by atoms with Gasteiger partial charge in [0.2, 0.25) is 0 Å². The van der Waals surface area contributed by atoms with E-state index in [-0.39, 0.29) is 32.3 Å². The molecule has 9 nitrogen and oxygen atoms in total. The van der Waals surface area contributed by atoms with Crippen LogP contribution in [0.3, 0.4) is 0 Å². The van der Waals surface area contributed by atoms with Gasteiger partial charge in [-0.05, 0) is 24.1 Å². The largest absolute Gasteiger partial charge is 0.492 e. The standard InChI is InChI=1S/C20H36N2O7/c1-2-3-16(21)14-4-6-15(7-5-14)29-9-8-22(10-17(25)19(27)12-23)11-18(26)20(28)13-24/h4-7,16-20,23-28H,2-3,8-13,21H2,1H3/t16?,17-,18-,19+,20+/m0/s1. The highest BCUT2D eigenvalue weighted by molar-refractivity contribution is 5.29. The Hall–Kier alpha value is -1.30. The first kappa shape index (κ1) is 25.7. The van der Waals surface area contributed by atoms with Crippen molar-refractivity contribution in [1.82, 2.24) is 4.90 Å². The van der Waals surface area contributed by atoms with Gasteiger partial charge in [0, 0.05) is 25.7 Å². The molecule has 0 aliphatic rings. The average Bonchev–Trinajstić information content (AvgIpc) is 2.72. The first-order chi connectivity index (χ1) is 13.8. The van der Waals surface area contributed by atoms with Gasteiger partial charge in [-0.25, -0.2) is 0 Å². The van der Waals surface area contributed by atoms with Crippen molar-refractivity contribution < 1.29 is 35.4 Å². The summed E-state index contributed by atoms with van der Waals surface area (Å²) in [6, 6.07) is 7.46. The van der Waals surface area contributed by atoms with E-state index in [2.05, 4.69) is 6.92 Å². The van der Waals surface area contributed by atoms with Gasteiger partial charge in [0.15, 0.2) is 0 Å². The van der Waals surface area contributed by atoms with Crippen LogP contribution in [0.1, 0.15) is 31.4 Å². The summed E-state index contributed by atoms with van der Waals surface area (Å²) >= 11 is 0. The minimum Gasteiger partial charge on any atom is -0.492 e. The SMILES string of the molecule is CCCC(N)c1ccc(OCCN(C[C@H](O)[C@H](O)CO)C[C@H](O)[C@H](O)CO)cc1. The number of aliphatic hydroxyl groups is 6. The van der Waals surface area contributed by atoms with E-state index in [0.717, 1.165) is 18.4 Å². The Morgan fingerprint density at radius 1 is 0.897 bits per heavy atom. The molecule has 1 unspecified atom stereocenters. The Kier molecular flexibility index (Phi) is 12.3. The van der Waals surface area contributed by atoms with Gasteiger partial charge in [-0.1, -0.05) is 25.5 Å². The molecule has 0 bridgehead atoms. The quantitative estimate of drug-likeness (QED) is 0.182. The minimum absolute atomic E-state index is 0.0107. The van der Waals surface area contributed by atoms with Crippen molar-refractivity contribution >= 4 is 0 Å². The van der Waals surface area contributed by atoms with Crippen LogP contribution >= 0.6 is 0 Å². The zero-order valence-corrected chi connectivity index (χ0v) is 17.0. The van der Waals surface area contributed by atoms with E-state index in [0.29, 0.717) is 5.75 Å². The van der Waals surface area contributed by atoms with Crippen LogP contribution in [-0.4, -0.2) is 99.4 Å². The van der Waals surface area contributed by atoms with Gasteiger partial charge in [-0.15, -0.1) is 0 Å². The number of hydrogen-bond acceptors (Lipinski definition) is 9. The zero-order valence-electron chi connectivity index (χ0n) is 17.0. The van der Waals surface area contributed by atoms with Crippen molar-refractivity contribution in [3.05, 3.63) is 29.8 Å². The fraction of sp³-hybridized carbons (Fsp3) is 0.700. The summed E-state index contributed by atoms with van der Waals surface area (Å²) in [7, 11) is 0. The Balaban J connectivity index is 2.61. The highest BCUT2D eigenvalue weighted by Gasteiger charge is 2.23. The molecule has 0 spiro atoms. The second-order valence-electron chi connectivity index (χ2n) is 7.21. The molecule has 0 aliphatic carbocycles. The van der Waals surface area contributed by atoms with E-state index in [1.165, 1.54) is 0 Å². The molecule has 9 heteroatoms. The zero-order chi connectivity index (χ0) is 21.8. The van der Waals surface area contributed by atoms with Gasteiger partial charge >= 0.3 is 0 Å². The molecule has 0 aromatic heterocycles. The van der Waals surface area contributed by atoms with E-state index >= 15 is 0 Å². The maximum Gasteiger partial charge on any atom is 0.119 e. The molecule has 0 saturated heterocycles. The van der Waals surface area contributed by atoms with E-state index in [9.17, 15) is 20.4 Å². The molecule has 168 valence electrons. The maximum atomic E-state index is 9.94. The predicted octanol–water partition coefficient (Wildman–Crippen LogP) is -1.40. The fourth-order valence-electron chi connectivity index (χ4n) is 2.85. The number of ether oxygens (including phenoxy) is 1. The first-order valence-corrected chi connectivity index (χ1v) is 9.97. The van der Waals surface area contributed by atoms with Crippen LogP contribution in [0, 0.1) is 0 Å². The van der Waals surface area contributed by atoms with Gasteiger partial charge in [-0.3, -0.25) is 4.90 Å². The molecule has 1 aromatic rings. The molecule has 0 saturated carbocycles. The van der Waals surface area contributed by atoms with Gasteiger partial charge in [0.05, 0.1) is 25.4 Å². The molecule has 0 heterocycles. The molecule has 8 N–H and O–H groups in total. The number of nitrogens with zero attached hydrogens (tertiary/aromatic N) is 1. The summed E-state index contributed by atoms with van der Waals surface area (Å²) in [6.45, 7) is 1.29. The lowest BCUT2D eigenvalue weighted by Crippen LogP contribution is -2.47. The predicted molar refractivity (Wildman–Crippen MR) is 108 cm³/mol. The third-order valence-corrected chi connectivity index (χ3v) is 4.74. The summed E-state index contributed by atoms with van der Waals surface area (Å²) in [5, 5.41) is 56.9. The molecule has 29 heavy (non-hydrogen) atoms. The number of nitrogens with two attached hydrogens (primary N) is 1. The molecule has 5 atom stereocenters. The van der Waals surface area contributed by atoms with E-state index in [4.69, 9.17) is 20.7 Å². The van der Waals surface area contributed by atoms with Crippen molar-refractivity contribution in [2.24, 2.45) is 5.73 Å². The highest BCUT2D eigenvalue weighted by Crippen LogP contribution is 2.19. The first-order valence-electron chi connectivity index (χ1n) is 9.97. The molecule has 0 radical (unpaired) electrons. The van der Waals surface area contributed by atoms with Gasteiger partial charge < -0.3 is 41.1 Å². The lowest BCUT2D eigenvalue weighted by atomic mass is 10.0. The summed E-state index contributed by atoms with van der Waals surface area (Å²) in [5.74, 6) is 0.643. The van der Waals surface area contributed by atoms with Crippen LogP contribution < -0.4 is 10.5 Å². The molecular formula is C20H36N2O7. The van der Waals surface area contributed by atoms with Crippen LogP contribution in [0.2, 0.25) is 0 Å². The topological polar surface area (TPSA) is 160 Å². The monoisotopic (exact) mass is 416 g/mol. The molecular weight excluding hydrogens is 380 g/mol. The van der Waals surface area contributed by atoms with Crippen LogP contribution in [-0.2, 0) is 0 Å². The number of benzene rings is 1. The fourth-order valence-corrected chi connectivity index (χ4v) is 2.85. The summed E-state index contributed by atoms with van der Waals surface area (Å²) in [6.07, 6.45) is -3.21. The lowest BCUT2D eigenvalue weighted by Gasteiger charge is -2.29. The maximum absolute atomic E-state index is 9.94. The average molecular weight is 417 g/mol. The van der Waals surface area contributed by atoms with Crippen LogP contribution in [0.15, 0.2) is 24.3 Å². The lowest BCUT2D eigenvalue weighted by molar-refractivity contribution is -0.0551. The van der Waals surface area contributed by atoms with Crippen molar-refractivity contribution in [2.75, 3.05) is 39.5 Å². The van der Waals surface area contributed by atoms with Crippen molar-refractivity contribution in [3.8, 4) is 5.75 Å². The van der Waals surface area contributed by atoms with Crippen LogP contribution in [0.25, 0.3) is 0 Å². The summed E-state index contributed by atoms with van der Waals surface area (Å²) in [4.78, 5) is 1.58. The second kappa shape index (κ2) is 13.8. The van der Waals surface area contributed by atoms with Crippen LogP contribution in [0.5, 0.6) is 5.75 Å². The molecule has 0 fully saturated rings. The Morgan fingerprint density at radius 3 is 1.86 bits per heavy atom. The number of aliphatic hydroxyl groups excluding tert-OH is 6. The molecule has 0 amide bonds. The second-order valence-corrected chi connectivity index (χ2v) is 7.21. The third-order valence-electron chi connectivity index (χ3n) is 4.74. The number of hydrogen-bond donors (Lipinski definition) is 7. The molecule has 0 aliphatic heterocycles. The smallest absolute Gasteiger partial charge is 0.119 e.